The van der Waals surface area contributed by atoms with Crippen LogP contribution in [-0.4, -0.2) is 22.6 Å². The molecule has 0 N–H and O–H groups in total. The number of carbonyl (C=O) groups excluding carboxylic acids is 1. The van der Waals surface area contributed by atoms with Gasteiger partial charge in [-0.05, 0) is 35.9 Å². The maximum Gasteiger partial charge on any atom is 0.330 e. The van der Waals surface area contributed by atoms with Crippen molar-refractivity contribution in [3.8, 4) is 11.8 Å². The summed E-state index contributed by atoms with van der Waals surface area (Å²) in [6, 6.07) is 15.5. The molecule has 0 fully saturated rings. The smallest absolute Gasteiger partial charge is 0.330 e. The van der Waals surface area contributed by atoms with Gasteiger partial charge in [0.1, 0.15) is 5.82 Å². The van der Waals surface area contributed by atoms with E-state index >= 15 is 0 Å². The average molecular weight is 439 g/mol. The molecule has 3 rings (SSSR count). The average Bonchev–Trinajstić information content (AvgIpc) is 3.07. The number of nitrogens with zero attached hydrogens (tertiary/aromatic N) is 2. The van der Waals surface area contributed by atoms with E-state index in [9.17, 15) is 4.79 Å². The summed E-state index contributed by atoms with van der Waals surface area (Å²) >= 11 is 12.8. The zero-order valence-electron chi connectivity index (χ0n) is 16.7. The zero-order valence-corrected chi connectivity index (χ0v) is 18.2. The van der Waals surface area contributed by atoms with Gasteiger partial charge in [0, 0.05) is 28.6 Å². The zero-order chi connectivity index (χ0) is 21.5. The molecule has 0 aliphatic rings. The lowest BCUT2D eigenvalue weighted by Gasteiger charge is -2.11. The molecular formula is C24H20Cl2N2O2. The van der Waals surface area contributed by atoms with Gasteiger partial charge in [-0.2, -0.15) is 0 Å². The summed E-state index contributed by atoms with van der Waals surface area (Å²) in [4.78, 5) is 15.9. The predicted octanol–water partition coefficient (Wildman–Crippen LogP) is 5.39. The summed E-state index contributed by atoms with van der Waals surface area (Å²) in [5.74, 6) is 6.60. The second-order valence-electron chi connectivity index (χ2n) is 6.42. The summed E-state index contributed by atoms with van der Waals surface area (Å²) in [7, 11) is 1.32. The molecule has 1 aromatic heterocycles. The molecule has 0 unspecified atom stereocenters. The molecule has 0 saturated carbocycles. The third-order valence-electron chi connectivity index (χ3n) is 4.44. The lowest BCUT2D eigenvalue weighted by atomic mass is 10.1. The highest BCUT2D eigenvalue weighted by molar-refractivity contribution is 6.31. The molecule has 30 heavy (non-hydrogen) atoms. The highest BCUT2D eigenvalue weighted by atomic mass is 35.5. The van der Waals surface area contributed by atoms with Crippen molar-refractivity contribution in [2.45, 2.75) is 19.9 Å². The first-order chi connectivity index (χ1) is 14.5. The highest BCUT2D eigenvalue weighted by Gasteiger charge is 2.15. The van der Waals surface area contributed by atoms with E-state index in [1.165, 1.54) is 13.2 Å². The van der Waals surface area contributed by atoms with E-state index in [-0.39, 0.29) is 0 Å². The van der Waals surface area contributed by atoms with Gasteiger partial charge in [-0.25, -0.2) is 9.78 Å². The van der Waals surface area contributed by atoms with Gasteiger partial charge >= 0.3 is 5.97 Å². The van der Waals surface area contributed by atoms with Crippen molar-refractivity contribution in [2.75, 3.05) is 7.11 Å². The van der Waals surface area contributed by atoms with Crippen LogP contribution in [0, 0.1) is 11.8 Å². The standard InChI is InChI=1S/C24H20Cl2N2O2/c1-3-22-27-24(26)21(13-14-23(29)30-2)28(22)16-19-12-11-18(15-20(19)25)10-9-17-7-5-4-6-8-17/h4-8,11-15H,3,16H2,1-2H3. The number of aryl methyl sites for hydroxylation is 1. The third-order valence-corrected chi connectivity index (χ3v) is 5.07. The van der Waals surface area contributed by atoms with Crippen LogP contribution < -0.4 is 0 Å². The predicted molar refractivity (Wildman–Crippen MR) is 121 cm³/mol. The second kappa shape index (κ2) is 10.2. The lowest BCUT2D eigenvalue weighted by molar-refractivity contribution is -0.134. The van der Waals surface area contributed by atoms with Crippen molar-refractivity contribution in [3.05, 3.63) is 93.0 Å². The molecule has 0 amide bonds. The van der Waals surface area contributed by atoms with Gasteiger partial charge in [-0.15, -0.1) is 0 Å². The number of methoxy groups -OCH3 is 1. The Balaban J connectivity index is 1.89. The fraction of sp³-hybridized carbons (Fsp3) is 0.167. The highest BCUT2D eigenvalue weighted by Crippen LogP contribution is 2.24. The minimum Gasteiger partial charge on any atom is -0.466 e. The normalized spacial score (nSPS) is 10.7. The maximum absolute atomic E-state index is 11.5. The summed E-state index contributed by atoms with van der Waals surface area (Å²) in [6.07, 6.45) is 3.61. The number of halogens is 2. The Morgan fingerprint density at radius 3 is 2.53 bits per heavy atom. The second-order valence-corrected chi connectivity index (χ2v) is 7.19. The minimum absolute atomic E-state index is 0.327. The molecule has 0 atom stereocenters. The largest absolute Gasteiger partial charge is 0.466 e. The van der Waals surface area contributed by atoms with Crippen LogP contribution in [0.15, 0.2) is 54.6 Å². The van der Waals surface area contributed by atoms with Crippen molar-refractivity contribution < 1.29 is 9.53 Å². The molecule has 3 aromatic rings. The summed E-state index contributed by atoms with van der Waals surface area (Å²) < 4.78 is 6.60. The van der Waals surface area contributed by atoms with E-state index in [2.05, 4.69) is 21.6 Å². The van der Waals surface area contributed by atoms with Crippen LogP contribution in [0.1, 0.15) is 35.1 Å². The molecule has 4 nitrogen and oxygen atoms in total. The Morgan fingerprint density at radius 2 is 1.87 bits per heavy atom. The quantitative estimate of drug-likeness (QED) is 0.304. The van der Waals surface area contributed by atoms with Gasteiger partial charge in [0.25, 0.3) is 0 Å². The van der Waals surface area contributed by atoms with Crippen LogP contribution in [-0.2, 0) is 22.5 Å². The number of benzene rings is 2. The molecule has 0 aliphatic carbocycles. The summed E-state index contributed by atoms with van der Waals surface area (Å²) in [5.41, 5.74) is 3.31. The summed E-state index contributed by atoms with van der Waals surface area (Å²) in [6.45, 7) is 2.46. The van der Waals surface area contributed by atoms with Gasteiger partial charge in [-0.3, -0.25) is 0 Å². The minimum atomic E-state index is -0.462. The maximum atomic E-state index is 11.5. The molecule has 1 heterocycles. The van der Waals surface area contributed by atoms with Gasteiger partial charge in [0.2, 0.25) is 0 Å². The Bertz CT molecular complexity index is 1140. The number of aromatic nitrogens is 2. The number of ether oxygens (including phenoxy) is 1. The van der Waals surface area contributed by atoms with Gasteiger partial charge < -0.3 is 9.30 Å². The van der Waals surface area contributed by atoms with Crippen LogP contribution in [0.25, 0.3) is 6.08 Å². The first-order valence-corrected chi connectivity index (χ1v) is 10.1. The molecule has 6 heteroatoms. The van der Waals surface area contributed by atoms with Crippen LogP contribution in [0.5, 0.6) is 0 Å². The molecule has 0 spiro atoms. The fourth-order valence-corrected chi connectivity index (χ4v) is 3.39. The summed E-state index contributed by atoms with van der Waals surface area (Å²) in [5, 5.41) is 0.929. The van der Waals surface area contributed by atoms with E-state index in [0.717, 1.165) is 22.5 Å². The van der Waals surface area contributed by atoms with Crippen molar-refractivity contribution >= 4 is 35.2 Å². The van der Waals surface area contributed by atoms with Gasteiger partial charge in [0.15, 0.2) is 5.15 Å². The third kappa shape index (κ3) is 5.33. The van der Waals surface area contributed by atoms with Crippen LogP contribution >= 0.6 is 23.2 Å². The molecule has 0 aliphatic heterocycles. The number of hydrogen-bond donors (Lipinski definition) is 0. The Labute approximate surface area is 186 Å². The van der Waals surface area contributed by atoms with Gasteiger partial charge in [-0.1, -0.05) is 66.2 Å². The Hall–Kier alpha value is -3.00. The van der Waals surface area contributed by atoms with Crippen LogP contribution in [0.4, 0.5) is 0 Å². The van der Waals surface area contributed by atoms with Crippen LogP contribution in [0.3, 0.4) is 0 Å². The number of hydrogen-bond acceptors (Lipinski definition) is 3. The molecule has 0 radical (unpaired) electrons. The van der Waals surface area contributed by atoms with E-state index in [4.69, 9.17) is 23.2 Å². The molecular weight excluding hydrogens is 419 g/mol. The van der Waals surface area contributed by atoms with E-state index in [1.54, 1.807) is 6.08 Å². The number of esters is 1. The number of carbonyl (C=O) groups is 1. The Kier molecular flexibility index (Phi) is 7.35. The van der Waals surface area contributed by atoms with E-state index in [1.807, 2.05) is 60.0 Å². The first kappa shape index (κ1) is 21.7. The van der Waals surface area contributed by atoms with Crippen molar-refractivity contribution in [1.29, 1.82) is 0 Å². The number of rotatable bonds is 5. The van der Waals surface area contributed by atoms with Crippen molar-refractivity contribution in [1.82, 2.24) is 9.55 Å². The van der Waals surface area contributed by atoms with E-state index in [0.29, 0.717) is 28.8 Å². The Morgan fingerprint density at radius 1 is 1.13 bits per heavy atom. The molecule has 0 bridgehead atoms. The van der Waals surface area contributed by atoms with Gasteiger partial charge in [0.05, 0.1) is 19.3 Å². The monoisotopic (exact) mass is 438 g/mol. The van der Waals surface area contributed by atoms with E-state index < -0.39 is 5.97 Å². The van der Waals surface area contributed by atoms with Crippen LogP contribution in [0.2, 0.25) is 10.2 Å². The topological polar surface area (TPSA) is 44.1 Å². The SMILES string of the molecule is CCc1nc(Cl)c(C=CC(=O)OC)n1Cc1ccc(C#Cc2ccccc2)cc1Cl. The van der Waals surface area contributed by atoms with Crippen molar-refractivity contribution in [3.63, 3.8) is 0 Å². The lowest BCUT2D eigenvalue weighted by Crippen LogP contribution is -2.07. The first-order valence-electron chi connectivity index (χ1n) is 9.38. The fourth-order valence-electron chi connectivity index (χ4n) is 2.89. The molecule has 2 aromatic carbocycles. The van der Waals surface area contributed by atoms with Crippen molar-refractivity contribution in [2.24, 2.45) is 0 Å². The molecule has 152 valence electrons. The number of imidazole rings is 1. The molecule has 0 saturated heterocycles.